The average molecular weight is 293 g/mol. The SMILES string of the molecule is CCCNC(COCCOCCC)c1cc(C)cc(C)c1. The molecule has 0 saturated carbocycles. The van der Waals surface area contributed by atoms with E-state index in [1.807, 2.05) is 0 Å². The number of ether oxygens (including phenoxy) is 2. The van der Waals surface area contributed by atoms with Crippen LogP contribution in [0.5, 0.6) is 0 Å². The van der Waals surface area contributed by atoms with Gasteiger partial charge in [-0.25, -0.2) is 0 Å². The standard InChI is InChI=1S/C18H31NO2/c1-5-7-19-18(14-21-10-9-20-8-6-2)17-12-15(3)11-16(4)13-17/h11-13,18-19H,5-10,14H2,1-4H3. The maximum absolute atomic E-state index is 5.79. The van der Waals surface area contributed by atoms with Crippen molar-refractivity contribution in [3.8, 4) is 0 Å². The molecular weight excluding hydrogens is 262 g/mol. The molecule has 0 spiro atoms. The van der Waals surface area contributed by atoms with E-state index in [0.717, 1.165) is 26.0 Å². The van der Waals surface area contributed by atoms with Crippen molar-refractivity contribution < 1.29 is 9.47 Å². The fourth-order valence-electron chi connectivity index (χ4n) is 2.37. The summed E-state index contributed by atoms with van der Waals surface area (Å²) in [6.45, 7) is 12.5. The van der Waals surface area contributed by atoms with Crippen LogP contribution in [0, 0.1) is 13.8 Å². The van der Waals surface area contributed by atoms with Crippen LogP contribution in [0.2, 0.25) is 0 Å². The maximum atomic E-state index is 5.79. The highest BCUT2D eigenvalue weighted by Gasteiger charge is 2.11. The van der Waals surface area contributed by atoms with Crippen LogP contribution < -0.4 is 5.32 Å². The largest absolute Gasteiger partial charge is 0.379 e. The number of aryl methyl sites for hydroxylation is 2. The molecule has 0 heterocycles. The number of nitrogens with one attached hydrogen (secondary N) is 1. The van der Waals surface area contributed by atoms with E-state index in [4.69, 9.17) is 9.47 Å². The van der Waals surface area contributed by atoms with Gasteiger partial charge in [-0.05, 0) is 38.8 Å². The van der Waals surface area contributed by atoms with E-state index in [-0.39, 0.29) is 6.04 Å². The van der Waals surface area contributed by atoms with Gasteiger partial charge in [-0.1, -0.05) is 43.2 Å². The molecule has 21 heavy (non-hydrogen) atoms. The van der Waals surface area contributed by atoms with Crippen LogP contribution in [0.1, 0.15) is 49.4 Å². The van der Waals surface area contributed by atoms with Crippen molar-refractivity contribution in [2.75, 3.05) is 33.0 Å². The Bertz CT molecular complexity index is 373. The van der Waals surface area contributed by atoms with Crippen molar-refractivity contribution in [2.45, 2.75) is 46.6 Å². The van der Waals surface area contributed by atoms with Crippen LogP contribution in [0.25, 0.3) is 0 Å². The van der Waals surface area contributed by atoms with Crippen LogP contribution in [0.15, 0.2) is 18.2 Å². The Kier molecular flexibility index (Phi) is 9.31. The number of hydrogen-bond donors (Lipinski definition) is 1. The molecule has 120 valence electrons. The van der Waals surface area contributed by atoms with Gasteiger partial charge in [0, 0.05) is 6.61 Å². The monoisotopic (exact) mass is 293 g/mol. The van der Waals surface area contributed by atoms with Gasteiger partial charge in [-0.15, -0.1) is 0 Å². The molecule has 3 nitrogen and oxygen atoms in total. The van der Waals surface area contributed by atoms with Gasteiger partial charge < -0.3 is 14.8 Å². The number of rotatable bonds is 11. The smallest absolute Gasteiger partial charge is 0.0701 e. The molecule has 0 aliphatic rings. The van der Waals surface area contributed by atoms with E-state index in [0.29, 0.717) is 19.8 Å². The van der Waals surface area contributed by atoms with Crippen LogP contribution >= 0.6 is 0 Å². The van der Waals surface area contributed by atoms with E-state index >= 15 is 0 Å². The van der Waals surface area contributed by atoms with E-state index < -0.39 is 0 Å². The van der Waals surface area contributed by atoms with E-state index in [1.165, 1.54) is 16.7 Å². The molecule has 1 rings (SSSR count). The highest BCUT2D eigenvalue weighted by Crippen LogP contribution is 2.17. The summed E-state index contributed by atoms with van der Waals surface area (Å²) in [6, 6.07) is 6.96. The van der Waals surface area contributed by atoms with E-state index in [9.17, 15) is 0 Å². The summed E-state index contributed by atoms with van der Waals surface area (Å²) in [5, 5.41) is 3.58. The van der Waals surface area contributed by atoms with Gasteiger partial charge in [0.1, 0.15) is 0 Å². The third-order valence-electron chi connectivity index (χ3n) is 3.29. The van der Waals surface area contributed by atoms with Gasteiger partial charge in [0.05, 0.1) is 25.9 Å². The normalized spacial score (nSPS) is 12.6. The van der Waals surface area contributed by atoms with Gasteiger partial charge in [-0.2, -0.15) is 0 Å². The molecule has 1 aromatic rings. The molecule has 0 fully saturated rings. The Hall–Kier alpha value is -0.900. The topological polar surface area (TPSA) is 30.5 Å². The highest BCUT2D eigenvalue weighted by molar-refractivity contribution is 5.30. The lowest BCUT2D eigenvalue weighted by Crippen LogP contribution is -2.27. The molecule has 1 aromatic carbocycles. The summed E-state index contributed by atoms with van der Waals surface area (Å²) < 4.78 is 11.2. The van der Waals surface area contributed by atoms with Crippen LogP contribution in [0.4, 0.5) is 0 Å². The van der Waals surface area contributed by atoms with Gasteiger partial charge in [0.2, 0.25) is 0 Å². The van der Waals surface area contributed by atoms with Crippen molar-refractivity contribution in [3.05, 3.63) is 34.9 Å². The zero-order valence-corrected chi connectivity index (χ0v) is 14.1. The predicted octanol–water partition coefficient (Wildman–Crippen LogP) is 3.79. The minimum atomic E-state index is 0.259. The number of hydrogen-bond acceptors (Lipinski definition) is 3. The summed E-state index contributed by atoms with van der Waals surface area (Å²) in [5.41, 5.74) is 3.93. The molecule has 3 heteroatoms. The lowest BCUT2D eigenvalue weighted by atomic mass is 10.0. The highest BCUT2D eigenvalue weighted by atomic mass is 16.5. The van der Waals surface area contributed by atoms with Crippen molar-refractivity contribution in [2.24, 2.45) is 0 Å². The molecule has 1 atom stereocenters. The third kappa shape index (κ3) is 7.60. The lowest BCUT2D eigenvalue weighted by Gasteiger charge is -2.20. The van der Waals surface area contributed by atoms with Gasteiger partial charge in [0.25, 0.3) is 0 Å². The molecule has 0 bridgehead atoms. The Morgan fingerprint density at radius 1 is 0.905 bits per heavy atom. The van der Waals surface area contributed by atoms with Gasteiger partial charge in [0.15, 0.2) is 0 Å². The first-order valence-corrected chi connectivity index (χ1v) is 8.14. The molecule has 0 aliphatic carbocycles. The first-order valence-electron chi connectivity index (χ1n) is 8.14. The average Bonchev–Trinajstić information content (AvgIpc) is 2.44. The van der Waals surface area contributed by atoms with Crippen molar-refractivity contribution in [1.82, 2.24) is 5.32 Å². The summed E-state index contributed by atoms with van der Waals surface area (Å²) in [5.74, 6) is 0. The molecule has 0 aliphatic heterocycles. The lowest BCUT2D eigenvalue weighted by molar-refractivity contribution is 0.0391. The molecule has 1 unspecified atom stereocenters. The van der Waals surface area contributed by atoms with Crippen molar-refractivity contribution in [3.63, 3.8) is 0 Å². The van der Waals surface area contributed by atoms with Gasteiger partial charge in [-0.3, -0.25) is 0 Å². The minimum Gasteiger partial charge on any atom is -0.379 e. The first-order chi connectivity index (χ1) is 10.2. The molecule has 0 aromatic heterocycles. The van der Waals surface area contributed by atoms with Crippen molar-refractivity contribution >= 4 is 0 Å². The fraction of sp³-hybridized carbons (Fsp3) is 0.667. The first kappa shape index (κ1) is 18.1. The van der Waals surface area contributed by atoms with E-state index in [2.05, 4.69) is 51.2 Å². The molecular formula is C18H31NO2. The Balaban J connectivity index is 2.50. The zero-order chi connectivity index (χ0) is 15.5. The molecule has 0 amide bonds. The number of benzene rings is 1. The second-order valence-electron chi connectivity index (χ2n) is 5.62. The summed E-state index contributed by atoms with van der Waals surface area (Å²) in [4.78, 5) is 0. The van der Waals surface area contributed by atoms with Gasteiger partial charge >= 0.3 is 0 Å². The molecule has 0 saturated heterocycles. The fourth-order valence-corrected chi connectivity index (χ4v) is 2.37. The molecule has 0 radical (unpaired) electrons. The second kappa shape index (κ2) is 10.8. The second-order valence-corrected chi connectivity index (χ2v) is 5.62. The maximum Gasteiger partial charge on any atom is 0.0701 e. The Morgan fingerprint density at radius 3 is 2.19 bits per heavy atom. The third-order valence-corrected chi connectivity index (χ3v) is 3.29. The van der Waals surface area contributed by atoms with E-state index in [1.54, 1.807) is 0 Å². The molecule has 1 N–H and O–H groups in total. The quantitative estimate of drug-likeness (QED) is 0.630. The summed E-state index contributed by atoms with van der Waals surface area (Å²) in [7, 11) is 0. The minimum absolute atomic E-state index is 0.259. The van der Waals surface area contributed by atoms with Crippen LogP contribution in [-0.2, 0) is 9.47 Å². The Labute approximate surface area is 130 Å². The van der Waals surface area contributed by atoms with Crippen LogP contribution in [0.3, 0.4) is 0 Å². The Morgan fingerprint density at radius 2 is 1.57 bits per heavy atom. The summed E-state index contributed by atoms with van der Waals surface area (Å²) in [6.07, 6.45) is 2.18. The zero-order valence-electron chi connectivity index (χ0n) is 14.1. The predicted molar refractivity (Wildman–Crippen MR) is 88.9 cm³/mol. The van der Waals surface area contributed by atoms with Crippen LogP contribution in [-0.4, -0.2) is 33.0 Å². The van der Waals surface area contributed by atoms with Crippen molar-refractivity contribution in [1.29, 1.82) is 0 Å². The summed E-state index contributed by atoms with van der Waals surface area (Å²) >= 11 is 0.